The molecule has 1 atom stereocenters. The number of hydrogen-bond donors (Lipinski definition) is 1. The molecule has 2 rings (SSSR count). The lowest BCUT2D eigenvalue weighted by atomic mass is 9.85. The second-order valence-corrected chi connectivity index (χ2v) is 6.74. The third kappa shape index (κ3) is 3.17. The molecule has 0 spiro atoms. The first kappa shape index (κ1) is 11.8. The van der Waals surface area contributed by atoms with Gasteiger partial charge in [-0.25, -0.2) is 0 Å². The Morgan fingerprint density at radius 3 is 2.75 bits per heavy atom. The summed E-state index contributed by atoms with van der Waals surface area (Å²) in [5.41, 5.74) is 0.521. The van der Waals surface area contributed by atoms with Crippen LogP contribution in [0.15, 0.2) is 0 Å². The van der Waals surface area contributed by atoms with E-state index >= 15 is 0 Å². The Bertz CT molecular complexity index is 346. The van der Waals surface area contributed by atoms with Gasteiger partial charge >= 0.3 is 0 Å². The highest BCUT2D eigenvalue weighted by molar-refractivity contribution is 7.15. The molecule has 16 heavy (non-hydrogen) atoms. The van der Waals surface area contributed by atoms with Gasteiger partial charge in [-0.05, 0) is 38.0 Å². The number of nitrogens with one attached hydrogen (secondary N) is 1. The van der Waals surface area contributed by atoms with Crippen molar-refractivity contribution in [3.63, 3.8) is 0 Å². The van der Waals surface area contributed by atoms with Crippen molar-refractivity contribution in [1.29, 1.82) is 0 Å². The smallest absolute Gasteiger partial charge is 0.205 e. The van der Waals surface area contributed by atoms with Gasteiger partial charge in [-0.2, -0.15) is 0 Å². The summed E-state index contributed by atoms with van der Waals surface area (Å²) >= 11 is 1.65. The van der Waals surface area contributed by atoms with Gasteiger partial charge in [-0.3, -0.25) is 0 Å². The summed E-state index contributed by atoms with van der Waals surface area (Å²) in [5, 5.41) is 13.7. The zero-order chi connectivity index (χ0) is 11.6. The van der Waals surface area contributed by atoms with Crippen molar-refractivity contribution in [2.75, 3.05) is 5.32 Å². The summed E-state index contributed by atoms with van der Waals surface area (Å²) in [7, 11) is 0. The average Bonchev–Trinajstić information content (AvgIpc) is 2.52. The predicted octanol–water partition coefficient (Wildman–Crippen LogP) is 3.62. The zero-order valence-corrected chi connectivity index (χ0v) is 11.2. The second-order valence-electron chi connectivity index (χ2n) is 5.56. The summed E-state index contributed by atoms with van der Waals surface area (Å²) in [4.78, 5) is 0. The zero-order valence-electron chi connectivity index (χ0n) is 10.4. The van der Waals surface area contributed by atoms with Crippen LogP contribution in [0.4, 0.5) is 5.13 Å². The molecule has 1 unspecified atom stereocenters. The first-order chi connectivity index (χ1) is 7.55. The molecule has 1 aromatic heterocycles. The quantitative estimate of drug-likeness (QED) is 0.801. The molecule has 1 heterocycles. The van der Waals surface area contributed by atoms with E-state index in [-0.39, 0.29) is 0 Å². The first-order valence-electron chi connectivity index (χ1n) is 6.12. The molecule has 0 aromatic carbocycles. The Balaban J connectivity index is 1.91. The number of rotatable bonds is 2. The largest absolute Gasteiger partial charge is 0.357 e. The van der Waals surface area contributed by atoms with Crippen LogP contribution < -0.4 is 5.32 Å². The van der Waals surface area contributed by atoms with E-state index in [4.69, 9.17) is 0 Å². The van der Waals surface area contributed by atoms with Crippen molar-refractivity contribution in [2.45, 2.75) is 58.9 Å². The number of aromatic nitrogens is 2. The molecule has 0 amide bonds. The highest BCUT2D eigenvalue weighted by Gasteiger charge is 2.24. The van der Waals surface area contributed by atoms with Crippen LogP contribution in [0.2, 0.25) is 0 Å². The maximum atomic E-state index is 4.13. The molecule has 1 aliphatic carbocycles. The molecule has 0 saturated heterocycles. The summed E-state index contributed by atoms with van der Waals surface area (Å²) in [6.07, 6.45) is 6.50. The van der Waals surface area contributed by atoms with E-state index in [0.29, 0.717) is 11.5 Å². The fourth-order valence-corrected chi connectivity index (χ4v) is 3.00. The number of anilines is 1. The SMILES string of the molecule is Cc1nnc(NC2CCCC(C)(C)CC2)s1. The monoisotopic (exact) mass is 239 g/mol. The molecular weight excluding hydrogens is 218 g/mol. The van der Waals surface area contributed by atoms with Crippen LogP contribution in [-0.2, 0) is 0 Å². The average molecular weight is 239 g/mol. The summed E-state index contributed by atoms with van der Waals surface area (Å²) in [5.74, 6) is 0. The van der Waals surface area contributed by atoms with Gasteiger partial charge in [0.1, 0.15) is 5.01 Å². The molecule has 0 bridgehead atoms. The van der Waals surface area contributed by atoms with E-state index in [1.165, 1.54) is 32.1 Å². The maximum Gasteiger partial charge on any atom is 0.205 e. The van der Waals surface area contributed by atoms with E-state index < -0.39 is 0 Å². The molecule has 1 fully saturated rings. The Morgan fingerprint density at radius 2 is 2.06 bits per heavy atom. The summed E-state index contributed by atoms with van der Waals surface area (Å²) in [6, 6.07) is 0.592. The van der Waals surface area contributed by atoms with Gasteiger partial charge in [-0.15, -0.1) is 10.2 Å². The predicted molar refractivity (Wildman–Crippen MR) is 68.9 cm³/mol. The fraction of sp³-hybridized carbons (Fsp3) is 0.833. The minimum atomic E-state index is 0.521. The third-order valence-corrected chi connectivity index (χ3v) is 4.20. The number of aryl methyl sites for hydroxylation is 1. The molecule has 90 valence electrons. The van der Waals surface area contributed by atoms with Gasteiger partial charge in [0.15, 0.2) is 0 Å². The molecule has 1 N–H and O–H groups in total. The summed E-state index contributed by atoms with van der Waals surface area (Å²) < 4.78 is 0. The van der Waals surface area contributed by atoms with Gasteiger partial charge < -0.3 is 5.32 Å². The molecule has 3 nitrogen and oxygen atoms in total. The van der Waals surface area contributed by atoms with Crippen LogP contribution in [0.3, 0.4) is 0 Å². The lowest BCUT2D eigenvalue weighted by Gasteiger charge is -2.22. The Labute approximate surface area is 102 Å². The molecule has 1 aliphatic rings. The van der Waals surface area contributed by atoms with Crippen molar-refractivity contribution in [1.82, 2.24) is 10.2 Å². The highest BCUT2D eigenvalue weighted by Crippen LogP contribution is 2.34. The van der Waals surface area contributed by atoms with E-state index in [9.17, 15) is 0 Å². The van der Waals surface area contributed by atoms with Crippen molar-refractivity contribution in [3.05, 3.63) is 5.01 Å². The van der Waals surface area contributed by atoms with Crippen LogP contribution in [0.1, 0.15) is 51.0 Å². The molecule has 1 aromatic rings. The van der Waals surface area contributed by atoms with Crippen LogP contribution >= 0.6 is 11.3 Å². The molecule has 1 saturated carbocycles. The van der Waals surface area contributed by atoms with E-state index in [2.05, 4.69) is 29.4 Å². The van der Waals surface area contributed by atoms with Crippen molar-refractivity contribution in [3.8, 4) is 0 Å². The Kier molecular flexibility index (Phi) is 3.47. The molecular formula is C12H21N3S. The maximum absolute atomic E-state index is 4.13. The van der Waals surface area contributed by atoms with E-state index in [1.807, 2.05) is 6.92 Å². The minimum Gasteiger partial charge on any atom is -0.357 e. The lowest BCUT2D eigenvalue weighted by molar-refractivity contribution is 0.313. The molecule has 0 aliphatic heterocycles. The molecule has 4 heteroatoms. The minimum absolute atomic E-state index is 0.521. The van der Waals surface area contributed by atoms with Crippen LogP contribution in [-0.4, -0.2) is 16.2 Å². The fourth-order valence-electron chi connectivity index (χ4n) is 2.34. The van der Waals surface area contributed by atoms with Crippen LogP contribution in [0, 0.1) is 12.3 Å². The Morgan fingerprint density at radius 1 is 1.25 bits per heavy atom. The van der Waals surface area contributed by atoms with Gasteiger partial charge in [0.25, 0.3) is 0 Å². The van der Waals surface area contributed by atoms with Crippen LogP contribution in [0.5, 0.6) is 0 Å². The van der Waals surface area contributed by atoms with Crippen molar-refractivity contribution in [2.24, 2.45) is 5.41 Å². The van der Waals surface area contributed by atoms with Gasteiger partial charge in [0.2, 0.25) is 5.13 Å². The number of nitrogens with zero attached hydrogens (tertiary/aromatic N) is 2. The highest BCUT2D eigenvalue weighted by atomic mass is 32.1. The van der Waals surface area contributed by atoms with Gasteiger partial charge in [0, 0.05) is 6.04 Å². The van der Waals surface area contributed by atoms with Crippen molar-refractivity contribution < 1.29 is 0 Å². The standard InChI is InChI=1S/C12H21N3S/c1-9-14-15-11(16-9)13-10-5-4-7-12(2,3)8-6-10/h10H,4-8H2,1-3H3,(H,13,15). The van der Waals surface area contributed by atoms with Gasteiger partial charge in [0.05, 0.1) is 0 Å². The third-order valence-electron chi connectivity index (χ3n) is 3.43. The van der Waals surface area contributed by atoms with E-state index in [1.54, 1.807) is 11.3 Å². The molecule has 0 radical (unpaired) electrons. The van der Waals surface area contributed by atoms with Crippen molar-refractivity contribution >= 4 is 16.5 Å². The number of hydrogen-bond acceptors (Lipinski definition) is 4. The summed E-state index contributed by atoms with van der Waals surface area (Å²) in [6.45, 7) is 6.76. The topological polar surface area (TPSA) is 37.8 Å². The van der Waals surface area contributed by atoms with Gasteiger partial charge in [-0.1, -0.05) is 31.6 Å². The Hall–Kier alpha value is -0.640. The lowest BCUT2D eigenvalue weighted by Crippen LogP contribution is -2.19. The first-order valence-corrected chi connectivity index (χ1v) is 6.93. The van der Waals surface area contributed by atoms with E-state index in [0.717, 1.165) is 10.1 Å². The van der Waals surface area contributed by atoms with Crippen LogP contribution in [0.25, 0.3) is 0 Å². The second kappa shape index (κ2) is 4.70. The normalized spacial score (nSPS) is 25.1.